The van der Waals surface area contributed by atoms with E-state index in [0.717, 1.165) is 11.3 Å². The maximum absolute atomic E-state index is 9.48. The molecule has 0 aromatic heterocycles. The number of aliphatic hydroxyl groups is 1. The molecule has 0 saturated heterocycles. The fourth-order valence-electron chi connectivity index (χ4n) is 1.57. The normalized spacial score (nSPS) is 12.4. The van der Waals surface area contributed by atoms with Crippen molar-refractivity contribution in [2.24, 2.45) is 0 Å². The van der Waals surface area contributed by atoms with E-state index >= 15 is 0 Å². The summed E-state index contributed by atoms with van der Waals surface area (Å²) in [5.41, 5.74) is 1.10. The molecular weight excluding hydrogens is 218 g/mol. The van der Waals surface area contributed by atoms with Crippen molar-refractivity contribution >= 4 is 0 Å². The molecule has 1 aromatic carbocycles. The molecule has 4 nitrogen and oxygen atoms in total. The number of rotatable bonds is 8. The molecule has 0 bridgehead atoms. The van der Waals surface area contributed by atoms with Crippen LogP contribution in [0.4, 0.5) is 0 Å². The predicted molar refractivity (Wildman–Crippen MR) is 67.2 cm³/mol. The minimum absolute atomic E-state index is 0.347. The van der Waals surface area contributed by atoms with Crippen LogP contribution in [0, 0.1) is 0 Å². The van der Waals surface area contributed by atoms with Crippen LogP contribution in [0.15, 0.2) is 24.3 Å². The fourth-order valence-corrected chi connectivity index (χ4v) is 1.57. The molecule has 0 saturated carbocycles. The Morgan fingerprint density at radius 2 is 2.12 bits per heavy atom. The van der Waals surface area contributed by atoms with E-state index in [-0.39, 0.29) is 0 Å². The summed E-state index contributed by atoms with van der Waals surface area (Å²) < 4.78 is 10.4. The van der Waals surface area contributed by atoms with Gasteiger partial charge in [-0.1, -0.05) is 18.2 Å². The molecule has 0 spiro atoms. The van der Waals surface area contributed by atoms with Crippen LogP contribution in [0.25, 0.3) is 0 Å². The van der Waals surface area contributed by atoms with Crippen molar-refractivity contribution in [3.8, 4) is 5.75 Å². The first-order valence-electron chi connectivity index (χ1n) is 5.86. The summed E-state index contributed by atoms with van der Waals surface area (Å²) in [4.78, 5) is 0. The van der Waals surface area contributed by atoms with Crippen LogP contribution < -0.4 is 10.1 Å². The standard InChI is InChI=1S/C13H21NO3/c1-3-17-13-7-5-4-6-11(13)8-14-9-12(15)10-16-2/h4-7,12,14-15H,3,8-10H2,1-2H3. The molecule has 17 heavy (non-hydrogen) atoms. The zero-order valence-corrected chi connectivity index (χ0v) is 10.5. The molecule has 0 fully saturated rings. The van der Waals surface area contributed by atoms with Gasteiger partial charge in [-0.15, -0.1) is 0 Å². The van der Waals surface area contributed by atoms with Crippen molar-refractivity contribution in [3.63, 3.8) is 0 Å². The Hall–Kier alpha value is -1.10. The molecule has 0 aliphatic carbocycles. The first kappa shape index (κ1) is 14.0. The number of para-hydroxylation sites is 1. The molecule has 0 heterocycles. The second-order valence-corrected chi connectivity index (χ2v) is 3.78. The summed E-state index contributed by atoms with van der Waals surface area (Å²) in [6.45, 7) is 4.15. The van der Waals surface area contributed by atoms with Crippen LogP contribution >= 0.6 is 0 Å². The molecule has 0 radical (unpaired) electrons. The smallest absolute Gasteiger partial charge is 0.123 e. The van der Waals surface area contributed by atoms with Crippen molar-refractivity contribution < 1.29 is 14.6 Å². The maximum Gasteiger partial charge on any atom is 0.123 e. The zero-order chi connectivity index (χ0) is 12.5. The maximum atomic E-state index is 9.48. The summed E-state index contributed by atoms with van der Waals surface area (Å²) in [6.07, 6.45) is -0.473. The van der Waals surface area contributed by atoms with Gasteiger partial charge in [-0.25, -0.2) is 0 Å². The Kier molecular flexibility index (Phi) is 6.62. The van der Waals surface area contributed by atoms with Gasteiger partial charge < -0.3 is 19.9 Å². The second kappa shape index (κ2) is 8.06. The number of methoxy groups -OCH3 is 1. The minimum Gasteiger partial charge on any atom is -0.494 e. The van der Waals surface area contributed by atoms with Gasteiger partial charge in [0.25, 0.3) is 0 Å². The van der Waals surface area contributed by atoms with E-state index in [1.54, 1.807) is 7.11 Å². The average Bonchev–Trinajstić information content (AvgIpc) is 2.32. The summed E-state index contributed by atoms with van der Waals surface area (Å²) in [6, 6.07) is 7.90. The molecule has 96 valence electrons. The molecule has 1 aromatic rings. The van der Waals surface area contributed by atoms with Crippen molar-refractivity contribution in [3.05, 3.63) is 29.8 Å². The molecule has 0 aliphatic rings. The van der Waals surface area contributed by atoms with Crippen molar-refractivity contribution in [1.82, 2.24) is 5.32 Å². The first-order valence-corrected chi connectivity index (χ1v) is 5.86. The van der Waals surface area contributed by atoms with Crippen LogP contribution in [0.3, 0.4) is 0 Å². The van der Waals surface area contributed by atoms with Crippen molar-refractivity contribution in [2.75, 3.05) is 26.9 Å². The summed E-state index contributed by atoms with van der Waals surface area (Å²) in [5, 5.41) is 12.7. The topological polar surface area (TPSA) is 50.7 Å². The summed E-state index contributed by atoms with van der Waals surface area (Å²) >= 11 is 0. The third-order valence-electron chi connectivity index (χ3n) is 2.33. The lowest BCUT2D eigenvalue weighted by molar-refractivity contribution is 0.0644. The Balaban J connectivity index is 2.40. The Morgan fingerprint density at radius 1 is 1.35 bits per heavy atom. The number of nitrogens with one attached hydrogen (secondary N) is 1. The highest BCUT2D eigenvalue weighted by Crippen LogP contribution is 2.17. The summed E-state index contributed by atoms with van der Waals surface area (Å²) in [7, 11) is 1.58. The highest BCUT2D eigenvalue weighted by atomic mass is 16.5. The zero-order valence-electron chi connectivity index (χ0n) is 10.5. The predicted octanol–water partition coefficient (Wildman–Crippen LogP) is 1.18. The van der Waals surface area contributed by atoms with Crippen molar-refractivity contribution in [1.29, 1.82) is 0 Å². The lowest BCUT2D eigenvalue weighted by Crippen LogP contribution is -2.29. The average molecular weight is 239 g/mol. The molecule has 4 heteroatoms. The van der Waals surface area contributed by atoms with Crippen molar-refractivity contribution in [2.45, 2.75) is 19.6 Å². The first-order chi connectivity index (χ1) is 8.27. The monoisotopic (exact) mass is 239 g/mol. The van der Waals surface area contributed by atoms with Gasteiger partial charge in [0.2, 0.25) is 0 Å². The molecule has 1 unspecified atom stereocenters. The molecule has 0 aliphatic heterocycles. The van der Waals surface area contributed by atoms with E-state index in [1.807, 2.05) is 31.2 Å². The van der Waals surface area contributed by atoms with Gasteiger partial charge >= 0.3 is 0 Å². The quantitative estimate of drug-likeness (QED) is 0.715. The number of aliphatic hydroxyl groups excluding tert-OH is 1. The van der Waals surface area contributed by atoms with Gasteiger partial charge in [0.1, 0.15) is 5.75 Å². The third-order valence-corrected chi connectivity index (χ3v) is 2.33. The van der Waals surface area contributed by atoms with E-state index in [0.29, 0.717) is 26.3 Å². The third kappa shape index (κ3) is 5.17. The van der Waals surface area contributed by atoms with Crippen LogP contribution in [-0.2, 0) is 11.3 Å². The lowest BCUT2D eigenvalue weighted by Gasteiger charge is -2.13. The van der Waals surface area contributed by atoms with E-state index in [9.17, 15) is 5.11 Å². The molecule has 2 N–H and O–H groups in total. The van der Waals surface area contributed by atoms with Gasteiger partial charge in [-0.05, 0) is 13.0 Å². The highest BCUT2D eigenvalue weighted by Gasteiger charge is 2.05. The van der Waals surface area contributed by atoms with Gasteiger partial charge in [0.15, 0.2) is 0 Å². The van der Waals surface area contributed by atoms with Gasteiger partial charge in [-0.3, -0.25) is 0 Å². The Bertz CT molecular complexity index is 317. The van der Waals surface area contributed by atoms with Gasteiger partial charge in [0, 0.05) is 25.8 Å². The van der Waals surface area contributed by atoms with E-state index in [1.165, 1.54) is 0 Å². The van der Waals surface area contributed by atoms with E-state index < -0.39 is 6.10 Å². The Labute approximate surface area is 103 Å². The summed E-state index contributed by atoms with van der Waals surface area (Å²) in [5.74, 6) is 0.892. The number of ether oxygens (including phenoxy) is 2. The highest BCUT2D eigenvalue weighted by molar-refractivity contribution is 5.33. The van der Waals surface area contributed by atoms with Crippen LogP contribution in [-0.4, -0.2) is 38.1 Å². The Morgan fingerprint density at radius 3 is 2.82 bits per heavy atom. The minimum atomic E-state index is -0.473. The second-order valence-electron chi connectivity index (χ2n) is 3.78. The van der Waals surface area contributed by atoms with E-state index in [2.05, 4.69) is 5.32 Å². The lowest BCUT2D eigenvalue weighted by atomic mass is 10.2. The van der Waals surface area contributed by atoms with Crippen LogP contribution in [0.2, 0.25) is 0 Å². The molecule has 0 amide bonds. The van der Waals surface area contributed by atoms with Gasteiger partial charge in [0.05, 0.1) is 19.3 Å². The molecule has 1 rings (SSSR count). The number of benzene rings is 1. The largest absolute Gasteiger partial charge is 0.494 e. The van der Waals surface area contributed by atoms with E-state index in [4.69, 9.17) is 9.47 Å². The molecule has 1 atom stereocenters. The number of hydrogen-bond donors (Lipinski definition) is 2. The van der Waals surface area contributed by atoms with Crippen LogP contribution in [0.1, 0.15) is 12.5 Å². The van der Waals surface area contributed by atoms with Crippen LogP contribution in [0.5, 0.6) is 5.75 Å². The fraction of sp³-hybridized carbons (Fsp3) is 0.538. The number of hydrogen-bond acceptors (Lipinski definition) is 4. The molecular formula is C13H21NO3. The van der Waals surface area contributed by atoms with Gasteiger partial charge in [-0.2, -0.15) is 0 Å². The SMILES string of the molecule is CCOc1ccccc1CNCC(O)COC.